The number of Topliss-reactive ketones (excluding diaryl/α,β-unsaturated/α-hetero) is 1. The van der Waals surface area contributed by atoms with Crippen molar-refractivity contribution in [1.82, 2.24) is 15.0 Å². The molecule has 4 aromatic rings. The van der Waals surface area contributed by atoms with Crippen molar-refractivity contribution in [2.24, 2.45) is 0 Å². The maximum Gasteiger partial charge on any atom is 0.222 e. The van der Waals surface area contributed by atoms with E-state index in [2.05, 4.69) is 26.3 Å². The molecule has 0 bridgehead atoms. The average Bonchev–Trinajstić information content (AvgIpc) is 2.93. The van der Waals surface area contributed by atoms with E-state index < -0.39 is 5.92 Å². The summed E-state index contributed by atoms with van der Waals surface area (Å²) in [5.74, 6) is 0.462. The van der Waals surface area contributed by atoms with Crippen LogP contribution >= 0.6 is 0 Å². The van der Waals surface area contributed by atoms with E-state index >= 15 is 0 Å². The Morgan fingerprint density at radius 3 is 2.57 bits per heavy atom. The van der Waals surface area contributed by atoms with Crippen molar-refractivity contribution in [3.63, 3.8) is 0 Å². The largest absolute Gasteiger partial charge is 0.495 e. The molecule has 182 valence electrons. The monoisotopic (exact) mass is 488 g/mol. The zero-order valence-electron chi connectivity index (χ0n) is 20.3. The topological polar surface area (TPSA) is 127 Å². The van der Waals surface area contributed by atoms with Crippen molar-refractivity contribution >= 4 is 23.6 Å². The smallest absolute Gasteiger partial charge is 0.222 e. The first-order chi connectivity index (χ1) is 18.0. The molecular weight excluding hydrogens is 464 g/mol. The molecule has 2 aromatic carbocycles. The summed E-state index contributed by atoms with van der Waals surface area (Å²) in [6.45, 7) is 1.94. The summed E-state index contributed by atoms with van der Waals surface area (Å²) >= 11 is 0. The third-order valence-corrected chi connectivity index (χ3v) is 6.42. The number of carbonyl (C=O) groups is 1. The number of nitrogens with one attached hydrogen (secondary N) is 1. The molecule has 1 aliphatic carbocycles. The normalized spacial score (nSPS) is 15.2. The Kier molecular flexibility index (Phi) is 6.35. The summed E-state index contributed by atoms with van der Waals surface area (Å²) in [5, 5.41) is 12.8. The molecule has 0 saturated heterocycles. The Hall–Kier alpha value is -5.03. The first-order valence-electron chi connectivity index (χ1n) is 11.7. The number of methoxy groups -OCH3 is 1. The molecule has 3 N–H and O–H groups in total. The molecule has 2 aromatic heterocycles. The molecule has 2 heterocycles. The molecule has 8 heteroatoms. The molecule has 8 nitrogen and oxygen atoms in total. The lowest BCUT2D eigenvalue weighted by Gasteiger charge is -2.31. The first-order valence-corrected chi connectivity index (χ1v) is 11.7. The van der Waals surface area contributed by atoms with Crippen LogP contribution in [0.5, 0.6) is 5.75 Å². The fourth-order valence-electron chi connectivity index (χ4n) is 4.64. The van der Waals surface area contributed by atoms with Crippen molar-refractivity contribution < 1.29 is 9.53 Å². The number of ether oxygens (including phenoxy) is 1. The SMILES string of the molecule is COc1ccc(-c2cccc3c2C(=O)C(c2ccccc2)C([C@H](C)Nc2nc(N)ncc2C#N)=C3)nc1. The maximum atomic E-state index is 14.3. The van der Waals surface area contributed by atoms with Crippen LogP contribution in [0.2, 0.25) is 0 Å². The highest BCUT2D eigenvalue weighted by molar-refractivity contribution is 6.13. The second-order valence-corrected chi connectivity index (χ2v) is 8.67. The van der Waals surface area contributed by atoms with Gasteiger partial charge in [-0.1, -0.05) is 54.6 Å². The summed E-state index contributed by atoms with van der Waals surface area (Å²) < 4.78 is 5.24. The number of rotatable bonds is 6. The van der Waals surface area contributed by atoms with Gasteiger partial charge in [0, 0.05) is 17.2 Å². The molecule has 1 unspecified atom stereocenters. The van der Waals surface area contributed by atoms with Crippen LogP contribution in [-0.2, 0) is 0 Å². The zero-order chi connectivity index (χ0) is 25.9. The van der Waals surface area contributed by atoms with E-state index in [1.54, 1.807) is 13.3 Å². The van der Waals surface area contributed by atoms with Crippen LogP contribution < -0.4 is 15.8 Å². The van der Waals surface area contributed by atoms with Gasteiger partial charge in [0.05, 0.1) is 31.1 Å². The number of nitrogens with zero attached hydrogens (tertiary/aromatic N) is 4. The molecule has 1 aliphatic rings. The molecule has 0 spiro atoms. The van der Waals surface area contributed by atoms with Gasteiger partial charge in [0.25, 0.3) is 0 Å². The van der Waals surface area contributed by atoms with Crippen LogP contribution in [0.25, 0.3) is 17.3 Å². The number of pyridine rings is 1. The summed E-state index contributed by atoms with van der Waals surface area (Å²) in [7, 11) is 1.59. The predicted molar refractivity (Wildman–Crippen MR) is 142 cm³/mol. The third-order valence-electron chi connectivity index (χ3n) is 6.42. The number of ketones is 1. The third kappa shape index (κ3) is 4.50. The van der Waals surface area contributed by atoms with Gasteiger partial charge in [0.1, 0.15) is 23.2 Å². The first kappa shape index (κ1) is 23.7. The summed E-state index contributed by atoms with van der Waals surface area (Å²) in [6, 6.07) is 20.9. The molecule has 0 fully saturated rings. The Morgan fingerprint density at radius 2 is 1.86 bits per heavy atom. The fourth-order valence-corrected chi connectivity index (χ4v) is 4.64. The van der Waals surface area contributed by atoms with Gasteiger partial charge in [-0.2, -0.15) is 10.2 Å². The van der Waals surface area contributed by atoms with E-state index in [-0.39, 0.29) is 23.3 Å². The number of carbonyl (C=O) groups excluding carboxylic acids is 1. The Labute approximate surface area is 214 Å². The minimum Gasteiger partial charge on any atom is -0.495 e. The number of nitriles is 1. The lowest BCUT2D eigenvalue weighted by Crippen LogP contribution is -2.30. The number of hydrogen-bond donors (Lipinski definition) is 2. The highest BCUT2D eigenvalue weighted by Crippen LogP contribution is 2.41. The van der Waals surface area contributed by atoms with Gasteiger partial charge in [-0.05, 0) is 35.8 Å². The maximum absolute atomic E-state index is 14.3. The van der Waals surface area contributed by atoms with Crippen LogP contribution in [0.15, 0.2) is 78.6 Å². The lowest BCUT2D eigenvalue weighted by atomic mass is 9.74. The highest BCUT2D eigenvalue weighted by atomic mass is 16.5. The van der Waals surface area contributed by atoms with E-state index in [0.717, 1.165) is 22.3 Å². The second kappa shape index (κ2) is 9.91. The zero-order valence-corrected chi connectivity index (χ0v) is 20.3. The number of anilines is 2. The lowest BCUT2D eigenvalue weighted by molar-refractivity contribution is 0.0970. The van der Waals surface area contributed by atoms with E-state index in [4.69, 9.17) is 10.5 Å². The van der Waals surface area contributed by atoms with Gasteiger partial charge < -0.3 is 15.8 Å². The van der Waals surface area contributed by atoms with Gasteiger partial charge in [-0.15, -0.1) is 0 Å². The van der Waals surface area contributed by atoms with E-state index in [0.29, 0.717) is 22.8 Å². The molecule has 0 saturated carbocycles. The molecular formula is C29H24N6O2. The Morgan fingerprint density at radius 1 is 1.05 bits per heavy atom. The standard InChI is InChI=1S/C29H24N6O2/c1-17(34-28-20(14-30)15-33-29(31)35-28)23-13-19-9-6-10-22(24-12-11-21(37-2)16-32-24)26(19)27(36)25(23)18-7-4-3-5-8-18/h3-13,15-17,25H,1-2H3,(H3,31,33,34,35)/t17-,25?/m0/s1. The second-order valence-electron chi connectivity index (χ2n) is 8.67. The number of nitrogens with two attached hydrogens (primary N) is 1. The fraction of sp³-hybridized carbons (Fsp3) is 0.138. The number of aromatic nitrogens is 3. The Bertz CT molecular complexity index is 1540. The quantitative estimate of drug-likeness (QED) is 0.394. The molecule has 0 amide bonds. The van der Waals surface area contributed by atoms with Gasteiger partial charge >= 0.3 is 0 Å². The molecule has 5 rings (SSSR count). The average molecular weight is 489 g/mol. The van der Waals surface area contributed by atoms with E-state index in [9.17, 15) is 10.1 Å². The number of nitrogen functional groups attached to an aromatic ring is 1. The van der Waals surface area contributed by atoms with E-state index in [1.807, 2.05) is 73.7 Å². The van der Waals surface area contributed by atoms with Crippen LogP contribution in [0.4, 0.5) is 11.8 Å². The van der Waals surface area contributed by atoms with Crippen molar-refractivity contribution in [1.29, 1.82) is 5.26 Å². The minimum atomic E-state index is -0.541. The Balaban J connectivity index is 1.63. The number of hydrogen-bond acceptors (Lipinski definition) is 8. The summed E-state index contributed by atoms with van der Waals surface area (Å²) in [6.07, 6.45) is 5.07. The van der Waals surface area contributed by atoms with Crippen LogP contribution in [0, 0.1) is 11.3 Å². The molecule has 2 atom stereocenters. The molecule has 0 radical (unpaired) electrons. The minimum absolute atomic E-state index is 0.0247. The summed E-state index contributed by atoms with van der Waals surface area (Å²) in [4.78, 5) is 26.9. The van der Waals surface area contributed by atoms with Crippen LogP contribution in [0.1, 0.15) is 39.9 Å². The van der Waals surface area contributed by atoms with Gasteiger partial charge in [0.15, 0.2) is 5.78 Å². The molecule has 0 aliphatic heterocycles. The number of benzene rings is 2. The summed E-state index contributed by atoms with van der Waals surface area (Å²) in [5.41, 5.74) is 10.6. The van der Waals surface area contributed by atoms with E-state index in [1.165, 1.54) is 6.20 Å². The number of fused-ring (bicyclic) bond motifs is 1. The van der Waals surface area contributed by atoms with Crippen molar-refractivity contribution in [2.75, 3.05) is 18.2 Å². The van der Waals surface area contributed by atoms with Gasteiger partial charge in [-0.25, -0.2) is 4.98 Å². The predicted octanol–water partition coefficient (Wildman–Crippen LogP) is 4.87. The van der Waals surface area contributed by atoms with Crippen molar-refractivity contribution in [3.05, 3.63) is 101 Å². The van der Waals surface area contributed by atoms with Crippen LogP contribution in [0.3, 0.4) is 0 Å². The van der Waals surface area contributed by atoms with Crippen molar-refractivity contribution in [2.45, 2.75) is 18.9 Å². The van der Waals surface area contributed by atoms with Gasteiger partial charge in [-0.3, -0.25) is 9.78 Å². The molecule has 37 heavy (non-hydrogen) atoms. The van der Waals surface area contributed by atoms with Crippen molar-refractivity contribution in [3.8, 4) is 23.1 Å². The van der Waals surface area contributed by atoms with Gasteiger partial charge in [0.2, 0.25) is 5.95 Å². The van der Waals surface area contributed by atoms with Crippen LogP contribution in [-0.4, -0.2) is 33.9 Å². The highest BCUT2D eigenvalue weighted by Gasteiger charge is 2.35.